The van der Waals surface area contributed by atoms with Gasteiger partial charge >= 0.3 is 0 Å². The molecule has 0 saturated carbocycles. The van der Waals surface area contributed by atoms with Crippen LogP contribution in [0.2, 0.25) is 0 Å². The van der Waals surface area contributed by atoms with Crippen LogP contribution in [0.5, 0.6) is 5.75 Å². The Morgan fingerprint density at radius 2 is 2.05 bits per heavy atom. The predicted octanol–water partition coefficient (Wildman–Crippen LogP) is 4.18. The minimum absolute atomic E-state index is 0.560. The predicted molar refractivity (Wildman–Crippen MR) is 86.5 cm³/mol. The SMILES string of the molecule is COc1ccc(-n2cc(C=O)c(-c3cscc3Br)n2)cc1. The highest BCUT2D eigenvalue weighted by atomic mass is 79.9. The Morgan fingerprint density at radius 3 is 2.62 bits per heavy atom. The molecule has 2 aromatic heterocycles. The van der Waals surface area contributed by atoms with Gasteiger partial charge in [-0.15, -0.1) is 0 Å². The summed E-state index contributed by atoms with van der Waals surface area (Å²) in [5, 5.41) is 8.47. The molecular formula is C15H11BrN2O2S. The zero-order valence-electron chi connectivity index (χ0n) is 11.1. The van der Waals surface area contributed by atoms with E-state index in [1.807, 2.05) is 35.0 Å². The third kappa shape index (κ3) is 2.64. The number of hydrogen-bond donors (Lipinski definition) is 0. The van der Waals surface area contributed by atoms with E-state index >= 15 is 0 Å². The maximum absolute atomic E-state index is 11.3. The highest BCUT2D eigenvalue weighted by Gasteiger charge is 2.14. The van der Waals surface area contributed by atoms with Gasteiger partial charge in [0.15, 0.2) is 6.29 Å². The van der Waals surface area contributed by atoms with E-state index in [-0.39, 0.29) is 0 Å². The second-order valence-electron chi connectivity index (χ2n) is 4.33. The van der Waals surface area contributed by atoms with Gasteiger partial charge in [0.25, 0.3) is 0 Å². The summed E-state index contributed by atoms with van der Waals surface area (Å²) in [5.41, 5.74) is 3.03. The average molecular weight is 363 g/mol. The van der Waals surface area contributed by atoms with Crippen molar-refractivity contribution in [2.24, 2.45) is 0 Å². The number of ether oxygens (including phenoxy) is 1. The molecule has 2 heterocycles. The molecule has 0 aliphatic heterocycles. The first-order valence-corrected chi connectivity index (χ1v) is 7.88. The summed E-state index contributed by atoms with van der Waals surface area (Å²) >= 11 is 5.04. The molecule has 6 heteroatoms. The zero-order chi connectivity index (χ0) is 14.8. The van der Waals surface area contributed by atoms with Crippen LogP contribution in [0.15, 0.2) is 45.7 Å². The molecule has 1 aromatic carbocycles. The standard InChI is InChI=1S/C15H11BrN2O2S/c1-20-12-4-2-11(3-5-12)18-6-10(7-19)15(17-18)13-8-21-9-14(13)16/h2-9H,1H3. The summed E-state index contributed by atoms with van der Waals surface area (Å²) < 4.78 is 7.78. The van der Waals surface area contributed by atoms with Crippen LogP contribution in [0, 0.1) is 0 Å². The van der Waals surface area contributed by atoms with Crippen molar-refractivity contribution in [3.8, 4) is 22.7 Å². The lowest BCUT2D eigenvalue weighted by molar-refractivity contribution is 0.112. The van der Waals surface area contributed by atoms with Crippen molar-refractivity contribution >= 4 is 33.6 Å². The minimum Gasteiger partial charge on any atom is -0.497 e. The van der Waals surface area contributed by atoms with Gasteiger partial charge in [-0.2, -0.15) is 16.4 Å². The van der Waals surface area contributed by atoms with Gasteiger partial charge in [-0.1, -0.05) is 0 Å². The fraction of sp³-hybridized carbons (Fsp3) is 0.0667. The molecule has 3 aromatic rings. The molecule has 21 heavy (non-hydrogen) atoms. The van der Waals surface area contributed by atoms with Crippen molar-refractivity contribution in [2.75, 3.05) is 7.11 Å². The van der Waals surface area contributed by atoms with E-state index in [1.54, 1.807) is 29.3 Å². The Balaban J connectivity index is 2.06. The fourth-order valence-corrected chi connectivity index (χ4v) is 3.47. The molecule has 0 aliphatic rings. The van der Waals surface area contributed by atoms with Crippen molar-refractivity contribution in [3.05, 3.63) is 51.3 Å². The number of nitrogens with zero attached hydrogens (tertiary/aromatic N) is 2. The van der Waals surface area contributed by atoms with Gasteiger partial charge in [-0.3, -0.25) is 4.79 Å². The summed E-state index contributed by atoms with van der Waals surface area (Å²) in [5.74, 6) is 0.780. The van der Waals surface area contributed by atoms with E-state index in [1.165, 1.54) is 0 Å². The normalized spacial score (nSPS) is 10.6. The second kappa shape index (κ2) is 5.83. The van der Waals surface area contributed by atoms with Crippen LogP contribution in [-0.2, 0) is 0 Å². The van der Waals surface area contributed by atoms with Crippen molar-refractivity contribution in [2.45, 2.75) is 0 Å². The first-order valence-electron chi connectivity index (χ1n) is 6.14. The number of carbonyl (C=O) groups excluding carboxylic acids is 1. The number of methoxy groups -OCH3 is 1. The van der Waals surface area contributed by atoms with Gasteiger partial charge in [-0.25, -0.2) is 4.68 Å². The molecule has 0 radical (unpaired) electrons. The quantitative estimate of drug-likeness (QED) is 0.653. The zero-order valence-corrected chi connectivity index (χ0v) is 13.5. The van der Waals surface area contributed by atoms with Crippen LogP contribution in [0.4, 0.5) is 0 Å². The Hall–Kier alpha value is -1.92. The Morgan fingerprint density at radius 1 is 1.29 bits per heavy atom. The number of hydrogen-bond acceptors (Lipinski definition) is 4. The van der Waals surface area contributed by atoms with Gasteiger partial charge in [0.1, 0.15) is 11.4 Å². The Bertz CT molecular complexity index is 777. The third-order valence-corrected chi connectivity index (χ3v) is 4.78. The lowest BCUT2D eigenvalue weighted by Crippen LogP contribution is -1.94. The molecule has 4 nitrogen and oxygen atoms in total. The molecule has 0 fully saturated rings. The molecule has 0 aliphatic carbocycles. The highest BCUT2D eigenvalue weighted by Crippen LogP contribution is 2.32. The fourth-order valence-electron chi connectivity index (χ4n) is 2.00. The maximum atomic E-state index is 11.3. The summed E-state index contributed by atoms with van der Waals surface area (Å²) in [6.45, 7) is 0. The Labute approximate surface area is 134 Å². The van der Waals surface area contributed by atoms with Crippen LogP contribution in [0.3, 0.4) is 0 Å². The van der Waals surface area contributed by atoms with Gasteiger partial charge in [0.2, 0.25) is 0 Å². The van der Waals surface area contributed by atoms with E-state index < -0.39 is 0 Å². The molecule has 0 spiro atoms. The van der Waals surface area contributed by atoms with Crippen molar-refractivity contribution in [1.29, 1.82) is 0 Å². The second-order valence-corrected chi connectivity index (χ2v) is 5.92. The summed E-state index contributed by atoms with van der Waals surface area (Å²) in [4.78, 5) is 11.3. The number of rotatable bonds is 4. The van der Waals surface area contributed by atoms with E-state index in [9.17, 15) is 4.79 Å². The number of carbonyl (C=O) groups is 1. The van der Waals surface area contributed by atoms with Crippen molar-refractivity contribution in [1.82, 2.24) is 9.78 Å². The summed E-state index contributed by atoms with van der Waals surface area (Å²) in [6, 6.07) is 7.51. The van der Waals surface area contributed by atoms with Crippen LogP contribution in [0.1, 0.15) is 10.4 Å². The third-order valence-electron chi connectivity index (χ3n) is 3.08. The summed E-state index contributed by atoms with van der Waals surface area (Å²) in [7, 11) is 1.62. The summed E-state index contributed by atoms with van der Waals surface area (Å²) in [6.07, 6.45) is 2.56. The molecule has 0 bridgehead atoms. The van der Waals surface area contributed by atoms with Crippen LogP contribution in [-0.4, -0.2) is 23.2 Å². The van der Waals surface area contributed by atoms with Crippen LogP contribution < -0.4 is 4.74 Å². The average Bonchev–Trinajstić information content (AvgIpc) is 3.13. The molecule has 0 amide bonds. The minimum atomic E-state index is 0.560. The number of aromatic nitrogens is 2. The number of aldehydes is 1. The van der Waals surface area contributed by atoms with Gasteiger partial charge in [0, 0.05) is 27.0 Å². The van der Waals surface area contributed by atoms with E-state index in [0.29, 0.717) is 11.3 Å². The van der Waals surface area contributed by atoms with E-state index in [2.05, 4.69) is 21.0 Å². The van der Waals surface area contributed by atoms with E-state index in [0.717, 1.165) is 27.8 Å². The lowest BCUT2D eigenvalue weighted by atomic mass is 10.2. The monoisotopic (exact) mass is 362 g/mol. The maximum Gasteiger partial charge on any atom is 0.153 e. The smallest absolute Gasteiger partial charge is 0.153 e. The molecule has 0 unspecified atom stereocenters. The number of benzene rings is 1. The van der Waals surface area contributed by atoms with Crippen LogP contribution >= 0.6 is 27.3 Å². The number of thiophene rings is 1. The Kier molecular flexibility index (Phi) is 3.90. The van der Waals surface area contributed by atoms with Crippen LogP contribution in [0.25, 0.3) is 16.9 Å². The lowest BCUT2D eigenvalue weighted by Gasteiger charge is -2.03. The first kappa shape index (κ1) is 14.0. The van der Waals surface area contributed by atoms with Crippen molar-refractivity contribution in [3.63, 3.8) is 0 Å². The largest absolute Gasteiger partial charge is 0.497 e. The first-order chi connectivity index (χ1) is 10.2. The van der Waals surface area contributed by atoms with Gasteiger partial charge in [0.05, 0.1) is 18.4 Å². The topological polar surface area (TPSA) is 44.1 Å². The molecule has 106 valence electrons. The molecule has 3 rings (SSSR count). The molecule has 0 N–H and O–H groups in total. The molecule has 0 atom stereocenters. The number of halogens is 1. The van der Waals surface area contributed by atoms with E-state index in [4.69, 9.17) is 4.74 Å². The molecular weight excluding hydrogens is 352 g/mol. The van der Waals surface area contributed by atoms with Gasteiger partial charge < -0.3 is 4.74 Å². The van der Waals surface area contributed by atoms with Gasteiger partial charge in [-0.05, 0) is 40.2 Å². The molecule has 0 saturated heterocycles. The van der Waals surface area contributed by atoms with Crippen molar-refractivity contribution < 1.29 is 9.53 Å². The highest BCUT2D eigenvalue weighted by molar-refractivity contribution is 9.10.